The summed E-state index contributed by atoms with van der Waals surface area (Å²) in [6.07, 6.45) is 4.93. The molecular formula is C24H23FN6O4. The van der Waals surface area contributed by atoms with E-state index in [0.717, 1.165) is 11.0 Å². The van der Waals surface area contributed by atoms with E-state index < -0.39 is 29.9 Å². The summed E-state index contributed by atoms with van der Waals surface area (Å²) in [7, 11) is 4.62. The average molecular weight is 478 g/mol. The third-order valence-corrected chi connectivity index (χ3v) is 6.99. The van der Waals surface area contributed by atoms with Crippen LogP contribution >= 0.6 is 0 Å². The zero-order chi connectivity index (χ0) is 24.9. The molecular weight excluding hydrogens is 455 g/mol. The van der Waals surface area contributed by atoms with Crippen LogP contribution in [0.3, 0.4) is 0 Å². The number of nitrogens with zero attached hydrogens (tertiary/aromatic N) is 5. The predicted octanol–water partition coefficient (Wildman–Crippen LogP) is 2.62. The first-order valence-electron chi connectivity index (χ1n) is 11.1. The Morgan fingerprint density at radius 2 is 1.97 bits per heavy atom. The van der Waals surface area contributed by atoms with E-state index in [-0.39, 0.29) is 23.1 Å². The third kappa shape index (κ3) is 3.57. The molecule has 3 amide bonds. The van der Waals surface area contributed by atoms with E-state index >= 15 is 0 Å². The highest BCUT2D eigenvalue weighted by Gasteiger charge is 2.49. The number of imide groups is 1. The second-order valence-corrected chi connectivity index (χ2v) is 8.74. The van der Waals surface area contributed by atoms with Crippen LogP contribution in [0.5, 0.6) is 5.75 Å². The van der Waals surface area contributed by atoms with Crippen LogP contribution in [0, 0.1) is 23.1 Å². The fourth-order valence-corrected chi connectivity index (χ4v) is 5.31. The molecule has 0 bridgehead atoms. The summed E-state index contributed by atoms with van der Waals surface area (Å²) in [5.41, 5.74) is 1.70. The van der Waals surface area contributed by atoms with Gasteiger partial charge in [0.2, 0.25) is 5.91 Å². The monoisotopic (exact) mass is 478 g/mol. The Kier molecular flexibility index (Phi) is 5.61. The van der Waals surface area contributed by atoms with Crippen molar-refractivity contribution < 1.29 is 23.5 Å². The molecule has 2 aliphatic rings. The number of anilines is 1. The molecule has 1 aliphatic carbocycles. The van der Waals surface area contributed by atoms with E-state index in [1.54, 1.807) is 24.1 Å². The van der Waals surface area contributed by atoms with Crippen molar-refractivity contribution in [3.8, 4) is 11.8 Å². The number of fused-ring (bicyclic) bond motifs is 2. The fourth-order valence-electron chi connectivity index (χ4n) is 5.31. The molecule has 1 saturated carbocycles. The van der Waals surface area contributed by atoms with Gasteiger partial charge in [-0.25, -0.2) is 14.1 Å². The van der Waals surface area contributed by atoms with Gasteiger partial charge in [-0.05, 0) is 30.5 Å². The second-order valence-electron chi connectivity index (χ2n) is 8.74. The highest BCUT2D eigenvalue weighted by molar-refractivity contribution is 6.20. The van der Waals surface area contributed by atoms with Gasteiger partial charge >= 0.3 is 6.03 Å². The maximum Gasteiger partial charge on any atom is 0.329 e. The summed E-state index contributed by atoms with van der Waals surface area (Å²) in [5.74, 6) is -1.88. The summed E-state index contributed by atoms with van der Waals surface area (Å²) < 4.78 is 26.7. The Bertz CT molecular complexity index is 1380. The first kappa shape index (κ1) is 22.7. The van der Waals surface area contributed by atoms with Crippen LogP contribution in [0.25, 0.3) is 10.9 Å². The van der Waals surface area contributed by atoms with Crippen molar-refractivity contribution in [2.24, 2.45) is 13.0 Å². The van der Waals surface area contributed by atoms with Crippen LogP contribution in [0.1, 0.15) is 29.9 Å². The van der Waals surface area contributed by atoms with E-state index in [1.807, 2.05) is 6.07 Å². The number of carbonyl (C=O) groups is 2. The van der Waals surface area contributed by atoms with Gasteiger partial charge in [-0.1, -0.05) is 0 Å². The van der Waals surface area contributed by atoms with Crippen LogP contribution in [0.2, 0.25) is 0 Å². The number of methoxy groups -OCH3 is 2. The summed E-state index contributed by atoms with van der Waals surface area (Å²) >= 11 is 0. The van der Waals surface area contributed by atoms with E-state index in [4.69, 9.17) is 9.47 Å². The first-order valence-corrected chi connectivity index (χ1v) is 11.1. The molecule has 0 spiro atoms. The largest absolute Gasteiger partial charge is 0.494 e. The fraction of sp³-hybridized carbons (Fsp3) is 0.375. The molecule has 1 aromatic carbocycles. The number of aromatic nitrogens is 3. The maximum atomic E-state index is 14.2. The van der Waals surface area contributed by atoms with Crippen molar-refractivity contribution in [1.29, 1.82) is 5.26 Å². The van der Waals surface area contributed by atoms with Crippen molar-refractivity contribution in [2.45, 2.75) is 30.9 Å². The number of amides is 3. The highest BCUT2D eigenvalue weighted by Crippen LogP contribution is 2.43. The lowest BCUT2D eigenvalue weighted by atomic mass is 9.71. The normalized spacial score (nSPS) is 24.1. The van der Waals surface area contributed by atoms with Gasteiger partial charge in [0.25, 0.3) is 0 Å². The lowest BCUT2D eigenvalue weighted by molar-refractivity contribution is -0.126. The Hall–Kier alpha value is -4.04. The molecule has 4 unspecified atom stereocenters. The van der Waals surface area contributed by atoms with Crippen LogP contribution in [0.4, 0.5) is 14.9 Å². The zero-order valence-electron chi connectivity index (χ0n) is 19.4. The van der Waals surface area contributed by atoms with Gasteiger partial charge in [-0.2, -0.15) is 10.4 Å². The number of nitriles is 1. The quantitative estimate of drug-likeness (QED) is 0.612. The topological polar surface area (TPSA) is 122 Å². The molecule has 4 atom stereocenters. The summed E-state index contributed by atoms with van der Waals surface area (Å²) in [4.78, 5) is 32.1. The Labute approximate surface area is 200 Å². The van der Waals surface area contributed by atoms with Gasteiger partial charge in [-0.15, -0.1) is 0 Å². The van der Waals surface area contributed by atoms with Gasteiger partial charge in [0.15, 0.2) is 11.6 Å². The highest BCUT2D eigenvalue weighted by atomic mass is 19.1. The minimum atomic E-state index is -0.634. The SMILES string of the molecule is COc1cc(C2CC3NC(=O)N(c4cncc5cnn(C)c45)C(=O)C3CC2OC)c(C#N)cc1F. The number of nitrogens with one attached hydrogen (secondary N) is 1. The van der Waals surface area contributed by atoms with Crippen molar-refractivity contribution in [3.63, 3.8) is 0 Å². The van der Waals surface area contributed by atoms with E-state index in [0.29, 0.717) is 35.0 Å². The molecule has 3 aromatic rings. The van der Waals surface area contributed by atoms with Gasteiger partial charge < -0.3 is 14.8 Å². The molecule has 35 heavy (non-hydrogen) atoms. The van der Waals surface area contributed by atoms with Gasteiger partial charge in [0.1, 0.15) is 0 Å². The summed E-state index contributed by atoms with van der Waals surface area (Å²) in [6, 6.07) is 3.64. The van der Waals surface area contributed by atoms with Crippen LogP contribution in [-0.4, -0.2) is 53.1 Å². The number of ether oxygens (including phenoxy) is 2. The smallest absolute Gasteiger partial charge is 0.329 e. The number of aryl methyl sites for hydroxylation is 1. The minimum absolute atomic E-state index is 0.0164. The Morgan fingerprint density at radius 3 is 2.69 bits per heavy atom. The maximum absolute atomic E-state index is 14.2. The molecule has 1 N–H and O–H groups in total. The van der Waals surface area contributed by atoms with Crippen LogP contribution in [-0.2, 0) is 16.6 Å². The number of halogens is 1. The Morgan fingerprint density at radius 1 is 1.17 bits per heavy atom. The van der Waals surface area contributed by atoms with E-state index in [1.165, 1.54) is 26.5 Å². The summed E-state index contributed by atoms with van der Waals surface area (Å²) in [5, 5.41) is 17.5. The standard InChI is InChI=1S/C24H23FN6O4/c1-30-22-13(10-28-30)9-27-11-19(22)31-23(32)16-7-20(34-2)15(5-18(16)29-24(31)33)14-6-21(35-3)17(25)4-12(14)8-26/h4,6,9-11,15-16,18,20H,5,7H2,1-3H3,(H,29,33). The van der Waals surface area contributed by atoms with Crippen LogP contribution < -0.4 is 15.0 Å². The number of hydrogen-bond donors (Lipinski definition) is 1. The van der Waals surface area contributed by atoms with Crippen molar-refractivity contribution in [1.82, 2.24) is 20.1 Å². The second kappa shape index (κ2) is 8.63. The number of pyridine rings is 1. The summed E-state index contributed by atoms with van der Waals surface area (Å²) in [6.45, 7) is 0. The van der Waals surface area contributed by atoms with Crippen LogP contribution in [0.15, 0.2) is 30.7 Å². The molecule has 10 nitrogen and oxygen atoms in total. The first-order chi connectivity index (χ1) is 16.9. The molecule has 5 rings (SSSR count). The minimum Gasteiger partial charge on any atom is -0.494 e. The third-order valence-electron chi connectivity index (χ3n) is 6.99. The number of rotatable bonds is 4. The molecule has 3 heterocycles. The molecule has 1 saturated heterocycles. The zero-order valence-corrected chi connectivity index (χ0v) is 19.4. The molecule has 2 aromatic heterocycles. The average Bonchev–Trinajstić information content (AvgIpc) is 3.24. The molecule has 2 fully saturated rings. The Balaban J connectivity index is 1.50. The van der Waals surface area contributed by atoms with Crippen molar-refractivity contribution in [2.75, 3.05) is 19.1 Å². The van der Waals surface area contributed by atoms with E-state index in [9.17, 15) is 19.2 Å². The van der Waals surface area contributed by atoms with Gasteiger partial charge in [0.05, 0.1) is 54.4 Å². The number of hydrogen-bond acceptors (Lipinski definition) is 7. The number of urea groups is 1. The lowest BCUT2D eigenvalue weighted by Gasteiger charge is -2.45. The molecule has 180 valence electrons. The molecule has 0 radical (unpaired) electrons. The van der Waals surface area contributed by atoms with Crippen molar-refractivity contribution >= 4 is 28.5 Å². The molecule has 11 heteroatoms. The van der Waals surface area contributed by atoms with Gasteiger partial charge in [0, 0.05) is 37.7 Å². The molecule has 1 aliphatic heterocycles. The van der Waals surface area contributed by atoms with Gasteiger partial charge in [-0.3, -0.25) is 14.5 Å². The number of carbonyl (C=O) groups excluding carboxylic acids is 2. The number of benzene rings is 1. The lowest BCUT2D eigenvalue weighted by Crippen LogP contribution is -2.63. The van der Waals surface area contributed by atoms with E-state index in [2.05, 4.69) is 15.4 Å². The van der Waals surface area contributed by atoms with Crippen molar-refractivity contribution in [3.05, 3.63) is 47.7 Å². The predicted molar refractivity (Wildman–Crippen MR) is 122 cm³/mol.